The first-order chi connectivity index (χ1) is 7.50. The molecular weight excluding hydrogens is 210 g/mol. The summed E-state index contributed by atoms with van der Waals surface area (Å²) in [4.78, 5) is 14.1. The quantitative estimate of drug-likeness (QED) is 0.562. The van der Waals surface area contributed by atoms with Crippen molar-refractivity contribution in [3.63, 3.8) is 0 Å². The van der Waals surface area contributed by atoms with Gasteiger partial charge in [0.15, 0.2) is 0 Å². The van der Waals surface area contributed by atoms with E-state index >= 15 is 0 Å². The first-order valence-corrected chi connectivity index (χ1v) is 4.70. The van der Waals surface area contributed by atoms with Gasteiger partial charge < -0.3 is 10.1 Å². The van der Waals surface area contributed by atoms with E-state index < -0.39 is 4.92 Å². The smallest absolute Gasteiger partial charge is 0.358 e. The monoisotopic (exact) mass is 221 g/mol. The molecule has 2 rings (SSSR count). The lowest BCUT2D eigenvalue weighted by Crippen LogP contribution is -2.07. The molecule has 16 heavy (non-hydrogen) atoms. The van der Waals surface area contributed by atoms with Gasteiger partial charge in [-0.15, -0.1) is 0 Å². The fraction of sp³-hybridized carbons (Fsp3) is 0.333. The third kappa shape index (κ3) is 1.46. The van der Waals surface area contributed by atoms with Gasteiger partial charge in [0.2, 0.25) is 12.1 Å². The second-order valence-electron chi connectivity index (χ2n) is 3.60. The largest absolute Gasteiger partial charge is 0.408 e. The standard InChI is InChI=1S/C9H11N5O2/c1-6-4-7(2)13(11-6)9-8(14(15)16)10-5-12(9)3/h4-5H,1-3H3. The van der Waals surface area contributed by atoms with Gasteiger partial charge in [0.25, 0.3) is 0 Å². The Labute approximate surface area is 91.5 Å². The van der Waals surface area contributed by atoms with E-state index in [0.29, 0.717) is 5.82 Å². The van der Waals surface area contributed by atoms with Gasteiger partial charge in [-0.3, -0.25) is 4.57 Å². The topological polar surface area (TPSA) is 78.8 Å². The van der Waals surface area contributed by atoms with Crippen LogP contribution in [0, 0.1) is 24.0 Å². The molecule has 0 radical (unpaired) electrons. The van der Waals surface area contributed by atoms with Crippen molar-refractivity contribution >= 4 is 5.82 Å². The number of hydrogen-bond donors (Lipinski definition) is 0. The fourth-order valence-corrected chi connectivity index (χ4v) is 1.63. The van der Waals surface area contributed by atoms with Crippen molar-refractivity contribution in [2.24, 2.45) is 7.05 Å². The lowest BCUT2D eigenvalue weighted by Gasteiger charge is -2.03. The summed E-state index contributed by atoms with van der Waals surface area (Å²) >= 11 is 0. The zero-order valence-corrected chi connectivity index (χ0v) is 9.21. The molecule has 0 fully saturated rings. The van der Waals surface area contributed by atoms with Crippen LogP contribution in [0.4, 0.5) is 5.82 Å². The van der Waals surface area contributed by atoms with E-state index in [1.807, 2.05) is 19.9 Å². The Morgan fingerprint density at radius 3 is 2.62 bits per heavy atom. The van der Waals surface area contributed by atoms with E-state index in [0.717, 1.165) is 11.4 Å². The molecule has 84 valence electrons. The summed E-state index contributed by atoms with van der Waals surface area (Å²) in [6.07, 6.45) is 1.41. The van der Waals surface area contributed by atoms with E-state index in [1.54, 1.807) is 11.6 Å². The van der Waals surface area contributed by atoms with Gasteiger partial charge >= 0.3 is 5.82 Å². The summed E-state index contributed by atoms with van der Waals surface area (Å²) < 4.78 is 3.11. The average molecular weight is 221 g/mol. The number of aromatic nitrogens is 4. The van der Waals surface area contributed by atoms with Crippen molar-refractivity contribution < 1.29 is 4.92 Å². The Kier molecular flexibility index (Phi) is 2.22. The van der Waals surface area contributed by atoms with Crippen molar-refractivity contribution in [3.05, 3.63) is 33.9 Å². The van der Waals surface area contributed by atoms with Gasteiger partial charge in [0, 0.05) is 12.7 Å². The Bertz CT molecular complexity index is 554. The molecule has 0 aliphatic carbocycles. The Hall–Kier alpha value is -2.18. The van der Waals surface area contributed by atoms with E-state index in [1.165, 1.54) is 11.0 Å². The molecule has 2 aromatic rings. The lowest BCUT2D eigenvalue weighted by molar-refractivity contribution is -0.389. The van der Waals surface area contributed by atoms with E-state index in [-0.39, 0.29) is 5.82 Å². The lowest BCUT2D eigenvalue weighted by atomic mass is 10.4. The van der Waals surface area contributed by atoms with Crippen LogP contribution in [0.15, 0.2) is 12.4 Å². The molecule has 7 nitrogen and oxygen atoms in total. The van der Waals surface area contributed by atoms with E-state index in [9.17, 15) is 10.1 Å². The predicted molar refractivity (Wildman–Crippen MR) is 56.5 cm³/mol. The number of hydrogen-bond acceptors (Lipinski definition) is 4. The first-order valence-electron chi connectivity index (χ1n) is 4.70. The fourth-order valence-electron chi connectivity index (χ4n) is 1.63. The zero-order chi connectivity index (χ0) is 11.9. The van der Waals surface area contributed by atoms with E-state index in [4.69, 9.17) is 0 Å². The molecule has 0 saturated heterocycles. The van der Waals surface area contributed by atoms with Crippen molar-refractivity contribution in [2.75, 3.05) is 0 Å². The van der Waals surface area contributed by atoms with Gasteiger partial charge in [0.05, 0.1) is 5.69 Å². The van der Waals surface area contributed by atoms with Gasteiger partial charge in [-0.2, -0.15) is 5.10 Å². The molecule has 0 spiro atoms. The van der Waals surface area contributed by atoms with Crippen LogP contribution in [0.5, 0.6) is 0 Å². The summed E-state index contributed by atoms with van der Waals surface area (Å²) in [6.45, 7) is 3.68. The van der Waals surface area contributed by atoms with Crippen molar-refractivity contribution in [2.45, 2.75) is 13.8 Å². The first kappa shape index (κ1) is 10.3. The molecule has 0 aromatic carbocycles. The number of nitro groups is 1. The van der Waals surface area contributed by atoms with Crippen molar-refractivity contribution in [3.8, 4) is 5.82 Å². The molecular formula is C9H11N5O2. The van der Waals surface area contributed by atoms with Gasteiger partial charge in [-0.05, 0) is 29.8 Å². The number of imidazole rings is 1. The summed E-state index contributed by atoms with van der Waals surface area (Å²) in [5.41, 5.74) is 1.65. The maximum Gasteiger partial charge on any atom is 0.408 e. The number of rotatable bonds is 2. The third-order valence-electron chi connectivity index (χ3n) is 2.27. The molecule has 0 atom stereocenters. The van der Waals surface area contributed by atoms with Crippen LogP contribution in [-0.2, 0) is 7.05 Å². The van der Waals surface area contributed by atoms with Crippen molar-refractivity contribution in [1.29, 1.82) is 0 Å². The van der Waals surface area contributed by atoms with Crippen LogP contribution in [0.3, 0.4) is 0 Å². The molecule has 0 saturated carbocycles. The van der Waals surface area contributed by atoms with Gasteiger partial charge in [-0.25, -0.2) is 4.68 Å². The maximum absolute atomic E-state index is 10.8. The molecule has 7 heteroatoms. The number of aryl methyl sites for hydroxylation is 3. The zero-order valence-electron chi connectivity index (χ0n) is 9.21. The molecule has 0 amide bonds. The van der Waals surface area contributed by atoms with Crippen LogP contribution in [0.1, 0.15) is 11.4 Å². The van der Waals surface area contributed by atoms with Gasteiger partial charge in [0.1, 0.15) is 0 Å². The van der Waals surface area contributed by atoms with Crippen LogP contribution in [0.2, 0.25) is 0 Å². The molecule has 0 unspecified atom stereocenters. The molecule has 0 aliphatic rings. The third-order valence-corrected chi connectivity index (χ3v) is 2.27. The number of nitrogens with zero attached hydrogens (tertiary/aromatic N) is 5. The minimum atomic E-state index is -0.508. The van der Waals surface area contributed by atoms with Gasteiger partial charge in [-0.1, -0.05) is 0 Å². The summed E-state index contributed by atoms with van der Waals surface area (Å²) in [5, 5.41) is 15.0. The second-order valence-corrected chi connectivity index (χ2v) is 3.60. The predicted octanol–water partition coefficient (Wildman–Crippen LogP) is 1.13. The summed E-state index contributed by atoms with van der Waals surface area (Å²) in [6, 6.07) is 1.86. The Morgan fingerprint density at radius 2 is 2.12 bits per heavy atom. The van der Waals surface area contributed by atoms with Crippen LogP contribution in [0.25, 0.3) is 5.82 Å². The van der Waals surface area contributed by atoms with Crippen molar-refractivity contribution in [1.82, 2.24) is 19.3 Å². The highest BCUT2D eigenvalue weighted by atomic mass is 16.6. The highest BCUT2D eigenvalue weighted by Gasteiger charge is 2.23. The Morgan fingerprint density at radius 1 is 1.44 bits per heavy atom. The molecule has 2 heterocycles. The SMILES string of the molecule is Cc1cc(C)n(-c2c([N+](=O)[O-])ncn2C)n1. The van der Waals surface area contributed by atoms with Crippen LogP contribution >= 0.6 is 0 Å². The Balaban J connectivity index is 2.67. The normalized spacial score (nSPS) is 10.7. The summed E-state index contributed by atoms with van der Waals surface area (Å²) in [5.74, 6) is 0.185. The maximum atomic E-state index is 10.8. The summed E-state index contributed by atoms with van der Waals surface area (Å²) in [7, 11) is 1.70. The minimum absolute atomic E-state index is 0.186. The second kappa shape index (κ2) is 3.44. The highest BCUT2D eigenvalue weighted by molar-refractivity contribution is 5.42. The minimum Gasteiger partial charge on any atom is -0.358 e. The molecule has 0 bridgehead atoms. The van der Waals surface area contributed by atoms with Crippen LogP contribution < -0.4 is 0 Å². The highest BCUT2D eigenvalue weighted by Crippen LogP contribution is 2.21. The van der Waals surface area contributed by atoms with Crippen LogP contribution in [-0.4, -0.2) is 24.3 Å². The average Bonchev–Trinajstić information content (AvgIpc) is 2.69. The molecule has 0 aliphatic heterocycles. The molecule has 2 aromatic heterocycles. The molecule has 0 N–H and O–H groups in total. The van der Waals surface area contributed by atoms with E-state index in [2.05, 4.69) is 10.1 Å².